The van der Waals surface area contributed by atoms with Gasteiger partial charge in [0.15, 0.2) is 0 Å². The van der Waals surface area contributed by atoms with Gasteiger partial charge in [-0.15, -0.1) is 0 Å². The van der Waals surface area contributed by atoms with E-state index in [9.17, 15) is 19.2 Å². The van der Waals surface area contributed by atoms with Gasteiger partial charge in [0.25, 0.3) is 0 Å². The Morgan fingerprint density at radius 1 is 0.727 bits per heavy atom. The highest BCUT2D eigenvalue weighted by atomic mass is 35.5. The van der Waals surface area contributed by atoms with Gasteiger partial charge in [0.1, 0.15) is 0 Å². The Morgan fingerprint density at radius 3 is 1.94 bits per heavy atom. The number of fused-ring (bicyclic) bond motifs is 3. The van der Waals surface area contributed by atoms with Crippen LogP contribution in [0.5, 0.6) is 0 Å². The van der Waals surface area contributed by atoms with E-state index in [1.807, 2.05) is 6.07 Å². The molecule has 6 nitrogen and oxygen atoms in total. The lowest BCUT2D eigenvalue weighted by Gasteiger charge is -2.27. The molecule has 0 N–H and O–H groups in total. The maximum Gasteiger partial charge on any atom is 0.241 e. The zero-order valence-corrected chi connectivity index (χ0v) is 17.9. The Morgan fingerprint density at radius 2 is 1.30 bits per heavy atom. The molecule has 2 fully saturated rings. The first-order valence-electron chi connectivity index (χ1n) is 10.5. The molecule has 0 unspecified atom stereocenters. The number of hydrogen-bond acceptors (Lipinski definition) is 5. The number of rotatable bonds is 2. The summed E-state index contributed by atoms with van der Waals surface area (Å²) in [6.45, 7) is 0. The topological polar surface area (TPSA) is 80.8 Å². The van der Waals surface area contributed by atoms with E-state index < -0.39 is 46.9 Å². The Hall–Kier alpha value is -3.61. The summed E-state index contributed by atoms with van der Waals surface area (Å²) in [5.41, 5.74) is -0.848. The van der Waals surface area contributed by atoms with Crippen molar-refractivity contribution >= 4 is 40.7 Å². The van der Waals surface area contributed by atoms with Crippen LogP contribution in [0.1, 0.15) is 32.4 Å². The SMILES string of the molecule is O=C1[C@@H]2[C@@H](c3ccccc3)OC3(C(=O)c4ccccc4C3=O)[C@@H]2C(=O)N1c1ccccc1Cl. The zero-order chi connectivity index (χ0) is 22.9. The van der Waals surface area contributed by atoms with E-state index in [-0.39, 0.29) is 21.8 Å². The van der Waals surface area contributed by atoms with Gasteiger partial charge in [-0.2, -0.15) is 0 Å². The molecule has 3 atom stereocenters. The van der Waals surface area contributed by atoms with E-state index in [4.69, 9.17) is 16.3 Å². The van der Waals surface area contributed by atoms with Crippen LogP contribution < -0.4 is 4.90 Å². The third-order valence-electron chi connectivity index (χ3n) is 6.74. The lowest BCUT2D eigenvalue weighted by molar-refractivity contribution is -0.127. The van der Waals surface area contributed by atoms with E-state index in [2.05, 4.69) is 0 Å². The van der Waals surface area contributed by atoms with E-state index >= 15 is 0 Å². The average Bonchev–Trinajstić information content (AvgIpc) is 3.40. The van der Waals surface area contributed by atoms with Crippen molar-refractivity contribution in [1.82, 2.24) is 0 Å². The minimum absolute atomic E-state index is 0.200. The van der Waals surface area contributed by atoms with Crippen molar-refractivity contribution < 1.29 is 23.9 Å². The minimum Gasteiger partial charge on any atom is -0.349 e. The molecule has 162 valence electrons. The summed E-state index contributed by atoms with van der Waals surface area (Å²) in [7, 11) is 0. The highest BCUT2D eigenvalue weighted by Crippen LogP contribution is 2.58. The van der Waals surface area contributed by atoms with Gasteiger partial charge >= 0.3 is 0 Å². The van der Waals surface area contributed by atoms with Crippen molar-refractivity contribution in [3.63, 3.8) is 0 Å². The van der Waals surface area contributed by atoms with Gasteiger partial charge in [0.05, 0.1) is 28.6 Å². The number of anilines is 1. The molecule has 3 aromatic rings. The molecule has 2 amide bonds. The molecule has 33 heavy (non-hydrogen) atoms. The summed E-state index contributed by atoms with van der Waals surface area (Å²) in [5, 5.41) is 0.220. The van der Waals surface area contributed by atoms with Gasteiger partial charge in [-0.3, -0.25) is 19.2 Å². The third-order valence-corrected chi connectivity index (χ3v) is 7.06. The van der Waals surface area contributed by atoms with Crippen LogP contribution in [0.15, 0.2) is 78.9 Å². The van der Waals surface area contributed by atoms with Crippen LogP contribution in [0.4, 0.5) is 5.69 Å². The number of nitrogens with zero attached hydrogens (tertiary/aromatic N) is 1. The van der Waals surface area contributed by atoms with Gasteiger partial charge in [-0.05, 0) is 17.7 Å². The van der Waals surface area contributed by atoms with Crippen molar-refractivity contribution in [3.8, 4) is 0 Å². The molecule has 0 saturated carbocycles. The van der Waals surface area contributed by atoms with Crippen LogP contribution in [0.25, 0.3) is 0 Å². The lowest BCUT2D eigenvalue weighted by atomic mass is 9.77. The van der Waals surface area contributed by atoms with Crippen molar-refractivity contribution in [2.75, 3.05) is 4.90 Å². The molecule has 2 aliphatic heterocycles. The molecule has 7 heteroatoms. The molecule has 6 rings (SSSR count). The highest BCUT2D eigenvalue weighted by molar-refractivity contribution is 6.39. The smallest absolute Gasteiger partial charge is 0.241 e. The molecule has 3 aliphatic rings. The van der Waals surface area contributed by atoms with Crippen LogP contribution >= 0.6 is 11.6 Å². The Balaban J connectivity index is 1.57. The number of ether oxygens (including phenoxy) is 1. The third kappa shape index (κ3) is 2.47. The normalized spacial score (nSPS) is 25.1. The summed E-state index contributed by atoms with van der Waals surface area (Å²) in [4.78, 5) is 55.8. The van der Waals surface area contributed by atoms with Crippen molar-refractivity contribution in [2.24, 2.45) is 11.8 Å². The number of carbonyl (C=O) groups excluding carboxylic acids is 4. The molecule has 0 aromatic heterocycles. The molecule has 2 heterocycles. The Kier molecular flexibility index (Phi) is 4.21. The second-order valence-corrected chi connectivity index (χ2v) is 8.76. The van der Waals surface area contributed by atoms with Gasteiger partial charge in [-0.25, -0.2) is 4.90 Å². The van der Waals surface area contributed by atoms with E-state index in [1.165, 1.54) is 0 Å². The predicted molar refractivity (Wildman–Crippen MR) is 119 cm³/mol. The van der Waals surface area contributed by atoms with Crippen LogP contribution in [0.2, 0.25) is 5.02 Å². The number of carbonyl (C=O) groups is 4. The molecule has 0 bridgehead atoms. The van der Waals surface area contributed by atoms with Gasteiger partial charge in [0, 0.05) is 11.1 Å². The summed E-state index contributed by atoms with van der Waals surface area (Å²) in [5.74, 6) is -4.71. The van der Waals surface area contributed by atoms with Crippen molar-refractivity contribution in [2.45, 2.75) is 11.7 Å². The number of amides is 2. The molecule has 0 radical (unpaired) electrons. The number of halogens is 1. The number of ketones is 2. The summed E-state index contributed by atoms with van der Waals surface area (Å²) < 4.78 is 6.22. The number of imide groups is 1. The van der Waals surface area contributed by atoms with Crippen LogP contribution in [-0.4, -0.2) is 29.0 Å². The fraction of sp³-hybridized carbons (Fsp3) is 0.154. The van der Waals surface area contributed by atoms with E-state index in [0.29, 0.717) is 5.56 Å². The van der Waals surface area contributed by atoms with Crippen molar-refractivity contribution in [3.05, 3.63) is 101 Å². The maximum absolute atomic E-state index is 13.8. The fourth-order valence-corrected chi connectivity index (χ4v) is 5.55. The molecule has 1 aliphatic carbocycles. The second-order valence-electron chi connectivity index (χ2n) is 8.36. The molecule has 2 saturated heterocycles. The van der Waals surface area contributed by atoms with E-state index in [0.717, 1.165) is 4.90 Å². The number of Topliss-reactive ketones (excluding diaryl/α,β-unsaturated/α-hetero) is 2. The number of benzene rings is 3. The first-order valence-corrected chi connectivity index (χ1v) is 10.9. The van der Waals surface area contributed by atoms with E-state index in [1.54, 1.807) is 72.8 Å². The van der Waals surface area contributed by atoms with Crippen LogP contribution in [0.3, 0.4) is 0 Å². The molecular formula is C26H16ClNO5. The van der Waals surface area contributed by atoms with Gasteiger partial charge in [0.2, 0.25) is 29.0 Å². The number of hydrogen-bond donors (Lipinski definition) is 0. The molecular weight excluding hydrogens is 442 g/mol. The predicted octanol–water partition coefficient (Wildman–Crippen LogP) is 4.04. The Bertz CT molecular complexity index is 1330. The van der Waals surface area contributed by atoms with Gasteiger partial charge < -0.3 is 4.74 Å². The summed E-state index contributed by atoms with van der Waals surface area (Å²) in [6.07, 6.45) is -0.942. The van der Waals surface area contributed by atoms with Gasteiger partial charge in [-0.1, -0.05) is 78.3 Å². The summed E-state index contributed by atoms with van der Waals surface area (Å²) in [6, 6.07) is 21.8. The first kappa shape index (κ1) is 20.0. The minimum atomic E-state index is -2.09. The van der Waals surface area contributed by atoms with Crippen LogP contribution in [-0.2, 0) is 14.3 Å². The van der Waals surface area contributed by atoms with Crippen LogP contribution in [0, 0.1) is 11.8 Å². The zero-order valence-electron chi connectivity index (χ0n) is 17.1. The Labute approximate surface area is 193 Å². The second kappa shape index (κ2) is 6.94. The first-order chi connectivity index (χ1) is 16.0. The largest absolute Gasteiger partial charge is 0.349 e. The highest BCUT2D eigenvalue weighted by Gasteiger charge is 2.74. The molecule has 1 spiro atoms. The molecule has 3 aromatic carbocycles. The fourth-order valence-electron chi connectivity index (χ4n) is 5.33. The lowest BCUT2D eigenvalue weighted by Crippen LogP contribution is -2.51. The monoisotopic (exact) mass is 457 g/mol. The number of para-hydroxylation sites is 1. The standard InChI is InChI=1S/C26H16ClNO5/c27-17-12-6-7-13-18(17)28-24(31)19-20(25(28)32)26(33-21(19)14-8-2-1-3-9-14)22(29)15-10-4-5-11-16(15)23(26)30/h1-13,19-21H/t19-,20-,21+/m0/s1. The quantitative estimate of drug-likeness (QED) is 0.428. The maximum atomic E-state index is 13.8. The summed E-state index contributed by atoms with van der Waals surface area (Å²) >= 11 is 6.32. The van der Waals surface area contributed by atoms with Crippen molar-refractivity contribution in [1.29, 1.82) is 0 Å². The average molecular weight is 458 g/mol.